The van der Waals surface area contributed by atoms with Crippen molar-refractivity contribution in [3.63, 3.8) is 0 Å². The number of aromatic nitrogens is 2. The van der Waals surface area contributed by atoms with Crippen molar-refractivity contribution >= 4 is 38.0 Å². The molecule has 2 aromatic heterocycles. The average molecular weight is 301 g/mol. The first kappa shape index (κ1) is 12.8. The summed E-state index contributed by atoms with van der Waals surface area (Å²) in [5.41, 5.74) is 0.262. The van der Waals surface area contributed by atoms with Gasteiger partial charge < -0.3 is 0 Å². The van der Waals surface area contributed by atoms with E-state index in [2.05, 4.69) is 14.7 Å². The summed E-state index contributed by atoms with van der Waals surface area (Å²) < 4.78 is 26.2. The Morgan fingerprint density at radius 3 is 2.67 bits per heavy atom. The van der Waals surface area contributed by atoms with Gasteiger partial charge >= 0.3 is 0 Å². The fraction of sp³-hybridized carbons (Fsp3) is 0. The topological polar surface area (TPSA) is 95.7 Å². The van der Waals surface area contributed by atoms with Crippen LogP contribution in [0.2, 0.25) is 5.28 Å². The number of thiophene rings is 1. The molecule has 9 heteroatoms. The lowest BCUT2D eigenvalue weighted by molar-refractivity contribution is 0.600. The normalized spacial score (nSPS) is 10.9. The third kappa shape index (κ3) is 2.59. The fourth-order valence-electron chi connectivity index (χ4n) is 1.10. The summed E-state index contributed by atoms with van der Waals surface area (Å²) in [5, 5.41) is 10.6. The zero-order valence-electron chi connectivity index (χ0n) is 8.66. The molecule has 2 aromatic rings. The fourth-order valence-corrected chi connectivity index (χ4v) is 3.15. The molecule has 0 saturated heterocycles. The SMILES string of the molecule is N#Cc1ccsc1NS(=O)(=O)c1cnc(Cl)nc1. The van der Waals surface area contributed by atoms with Crippen LogP contribution in [0.4, 0.5) is 5.00 Å². The number of nitriles is 1. The Hall–Kier alpha value is -1.69. The van der Waals surface area contributed by atoms with Gasteiger partial charge in [-0.3, -0.25) is 4.72 Å². The molecule has 0 fully saturated rings. The number of anilines is 1. The highest BCUT2D eigenvalue weighted by Crippen LogP contribution is 2.25. The third-order valence-corrected chi connectivity index (χ3v) is 4.38. The standard InChI is InChI=1S/C9H5ClN4O2S2/c10-9-12-4-7(5-13-9)18(15,16)14-8-6(3-11)1-2-17-8/h1-2,4-5,14H. The Morgan fingerprint density at radius 2 is 2.06 bits per heavy atom. The van der Waals surface area contributed by atoms with Crippen LogP contribution < -0.4 is 4.72 Å². The minimum absolute atomic E-state index is 0.0391. The first-order valence-electron chi connectivity index (χ1n) is 4.51. The highest BCUT2D eigenvalue weighted by molar-refractivity contribution is 7.93. The van der Waals surface area contributed by atoms with Gasteiger partial charge in [-0.2, -0.15) is 5.26 Å². The van der Waals surface area contributed by atoms with E-state index in [0.717, 1.165) is 23.7 Å². The van der Waals surface area contributed by atoms with Gasteiger partial charge in [-0.15, -0.1) is 11.3 Å². The van der Waals surface area contributed by atoms with Gasteiger partial charge in [0.1, 0.15) is 16.0 Å². The van der Waals surface area contributed by atoms with E-state index in [-0.39, 0.29) is 20.7 Å². The molecular formula is C9H5ClN4O2S2. The second kappa shape index (κ2) is 4.89. The van der Waals surface area contributed by atoms with E-state index in [9.17, 15) is 8.42 Å². The molecule has 18 heavy (non-hydrogen) atoms. The number of nitrogens with one attached hydrogen (secondary N) is 1. The number of rotatable bonds is 3. The number of hydrogen-bond acceptors (Lipinski definition) is 6. The smallest absolute Gasteiger partial charge is 0.265 e. The molecule has 2 rings (SSSR count). The molecule has 0 aliphatic heterocycles. The van der Waals surface area contributed by atoms with Crippen molar-refractivity contribution in [3.05, 3.63) is 34.7 Å². The van der Waals surface area contributed by atoms with Crippen LogP contribution in [0.5, 0.6) is 0 Å². The van der Waals surface area contributed by atoms with Crippen LogP contribution in [0.25, 0.3) is 0 Å². The Morgan fingerprint density at radius 1 is 1.39 bits per heavy atom. The molecule has 0 spiro atoms. The maximum absolute atomic E-state index is 11.9. The molecule has 0 amide bonds. The lowest BCUT2D eigenvalue weighted by Crippen LogP contribution is -2.13. The van der Waals surface area contributed by atoms with Crippen molar-refractivity contribution < 1.29 is 8.42 Å². The second-order valence-corrected chi connectivity index (χ2v) is 6.01. The number of sulfonamides is 1. The van der Waals surface area contributed by atoms with Gasteiger partial charge in [0.15, 0.2) is 0 Å². The highest BCUT2D eigenvalue weighted by atomic mass is 35.5. The lowest BCUT2D eigenvalue weighted by Gasteiger charge is -2.05. The van der Waals surface area contributed by atoms with Gasteiger partial charge in [-0.1, -0.05) is 0 Å². The molecule has 0 aromatic carbocycles. The Labute approximate surface area is 112 Å². The zero-order valence-corrected chi connectivity index (χ0v) is 11.1. The summed E-state index contributed by atoms with van der Waals surface area (Å²) in [7, 11) is -3.81. The zero-order chi connectivity index (χ0) is 13.2. The van der Waals surface area contributed by atoms with Gasteiger partial charge in [-0.05, 0) is 23.0 Å². The van der Waals surface area contributed by atoms with Crippen molar-refractivity contribution in [3.8, 4) is 6.07 Å². The van der Waals surface area contributed by atoms with Crippen LogP contribution in [0.15, 0.2) is 28.7 Å². The average Bonchev–Trinajstić information content (AvgIpc) is 2.76. The van der Waals surface area contributed by atoms with Crippen LogP contribution >= 0.6 is 22.9 Å². The van der Waals surface area contributed by atoms with E-state index >= 15 is 0 Å². The van der Waals surface area contributed by atoms with Gasteiger partial charge in [0, 0.05) is 0 Å². The Bertz CT molecular complexity index is 703. The first-order valence-corrected chi connectivity index (χ1v) is 7.25. The number of hydrogen-bond donors (Lipinski definition) is 1. The van der Waals surface area contributed by atoms with Crippen molar-refractivity contribution in [1.82, 2.24) is 9.97 Å². The van der Waals surface area contributed by atoms with Crippen LogP contribution in [0.1, 0.15) is 5.56 Å². The molecule has 0 atom stereocenters. The van der Waals surface area contributed by atoms with Gasteiger partial charge in [0.05, 0.1) is 18.0 Å². The van der Waals surface area contributed by atoms with E-state index in [1.54, 1.807) is 5.38 Å². The molecule has 1 N–H and O–H groups in total. The summed E-state index contributed by atoms with van der Waals surface area (Å²) in [6.45, 7) is 0. The minimum Gasteiger partial charge on any atom is -0.269 e. The van der Waals surface area contributed by atoms with Crippen LogP contribution in [0.3, 0.4) is 0 Å². The molecule has 0 saturated carbocycles. The monoisotopic (exact) mass is 300 g/mol. The highest BCUT2D eigenvalue weighted by Gasteiger charge is 2.17. The molecule has 0 unspecified atom stereocenters. The molecule has 0 radical (unpaired) electrons. The van der Waals surface area contributed by atoms with E-state index in [0.29, 0.717) is 0 Å². The van der Waals surface area contributed by atoms with E-state index in [4.69, 9.17) is 16.9 Å². The predicted octanol–water partition coefficient (Wildman–Crippen LogP) is 1.86. The number of halogens is 1. The Balaban J connectivity index is 2.34. The van der Waals surface area contributed by atoms with E-state index in [1.807, 2.05) is 6.07 Å². The molecule has 0 aliphatic carbocycles. The first-order chi connectivity index (χ1) is 8.53. The quantitative estimate of drug-likeness (QED) is 0.873. The van der Waals surface area contributed by atoms with E-state index < -0.39 is 10.0 Å². The molecule has 6 nitrogen and oxygen atoms in total. The van der Waals surface area contributed by atoms with Crippen LogP contribution in [0, 0.1) is 11.3 Å². The van der Waals surface area contributed by atoms with Gasteiger partial charge in [0.2, 0.25) is 5.28 Å². The molecule has 0 aliphatic rings. The Kier molecular flexibility index (Phi) is 3.47. The summed E-state index contributed by atoms with van der Waals surface area (Å²) in [4.78, 5) is 7.06. The maximum atomic E-state index is 11.9. The van der Waals surface area contributed by atoms with Crippen molar-refractivity contribution in [2.75, 3.05) is 4.72 Å². The molecule has 0 bridgehead atoms. The van der Waals surface area contributed by atoms with Crippen molar-refractivity contribution in [2.45, 2.75) is 4.90 Å². The maximum Gasteiger partial charge on any atom is 0.265 e. The van der Waals surface area contributed by atoms with E-state index in [1.165, 1.54) is 6.07 Å². The number of nitrogens with zero attached hydrogens (tertiary/aromatic N) is 3. The van der Waals surface area contributed by atoms with Crippen molar-refractivity contribution in [2.24, 2.45) is 0 Å². The summed E-state index contributed by atoms with van der Waals surface area (Å²) in [6, 6.07) is 3.42. The second-order valence-electron chi connectivity index (χ2n) is 3.07. The lowest BCUT2D eigenvalue weighted by atomic mass is 10.4. The van der Waals surface area contributed by atoms with Gasteiger partial charge in [-0.25, -0.2) is 18.4 Å². The summed E-state index contributed by atoms with van der Waals surface area (Å²) in [6.07, 6.45) is 2.19. The predicted molar refractivity (Wildman–Crippen MR) is 66.9 cm³/mol. The summed E-state index contributed by atoms with van der Waals surface area (Å²) >= 11 is 6.59. The molecule has 2 heterocycles. The largest absolute Gasteiger partial charge is 0.269 e. The van der Waals surface area contributed by atoms with Crippen molar-refractivity contribution in [1.29, 1.82) is 5.26 Å². The third-order valence-electron chi connectivity index (χ3n) is 1.92. The molecule has 92 valence electrons. The van der Waals surface area contributed by atoms with Crippen LogP contribution in [-0.4, -0.2) is 18.4 Å². The van der Waals surface area contributed by atoms with Gasteiger partial charge in [0.25, 0.3) is 10.0 Å². The summed E-state index contributed by atoms with van der Waals surface area (Å²) in [5.74, 6) is 0. The minimum atomic E-state index is -3.81. The van der Waals surface area contributed by atoms with Crippen LogP contribution in [-0.2, 0) is 10.0 Å². The molecular weight excluding hydrogens is 296 g/mol.